The molecule has 0 aromatic heterocycles. The molecule has 0 radical (unpaired) electrons. The van der Waals surface area contributed by atoms with Gasteiger partial charge in [0.05, 0.1) is 5.75 Å². The number of nitrogens with one attached hydrogen (secondary N) is 2. The third kappa shape index (κ3) is 6.31. The number of rotatable bonds is 6. The normalized spacial score (nSPS) is 27.0. The van der Waals surface area contributed by atoms with Crippen LogP contribution in [0.5, 0.6) is 0 Å². The molecule has 0 aromatic rings. The van der Waals surface area contributed by atoms with Crippen LogP contribution in [0.3, 0.4) is 0 Å². The van der Waals surface area contributed by atoms with Crippen molar-refractivity contribution < 1.29 is 8.42 Å². The van der Waals surface area contributed by atoms with E-state index in [1.807, 2.05) is 23.5 Å². The number of hydrogen-bond donors (Lipinski definition) is 2. The van der Waals surface area contributed by atoms with Crippen LogP contribution in [0.4, 0.5) is 0 Å². The molecule has 140 valence electrons. The van der Waals surface area contributed by atoms with Gasteiger partial charge in [0.25, 0.3) is 0 Å². The summed E-state index contributed by atoms with van der Waals surface area (Å²) in [5.41, 5.74) is 0. The molecule has 1 saturated carbocycles. The Bertz CT molecular complexity index is 507. The fraction of sp³-hybridized carbons (Fsp3) is 0.933. The molecule has 9 heteroatoms. The summed E-state index contributed by atoms with van der Waals surface area (Å²) in [6, 6.07) is 0.429. The van der Waals surface area contributed by atoms with E-state index in [0.29, 0.717) is 36.9 Å². The largest absolute Gasteiger partial charge is 0.355 e. The van der Waals surface area contributed by atoms with Gasteiger partial charge in [0.15, 0.2) is 5.96 Å². The highest BCUT2D eigenvalue weighted by Crippen LogP contribution is 2.26. The third-order valence-corrected chi connectivity index (χ3v) is 8.45. The summed E-state index contributed by atoms with van der Waals surface area (Å²) < 4.78 is 26.3. The Kier molecular flexibility index (Phi) is 8.53. The van der Waals surface area contributed by atoms with Gasteiger partial charge in [-0.05, 0) is 25.5 Å². The lowest BCUT2D eigenvalue weighted by Crippen LogP contribution is -2.48. The molecule has 1 heterocycles. The molecule has 0 amide bonds. The van der Waals surface area contributed by atoms with Crippen LogP contribution in [0, 0.1) is 0 Å². The summed E-state index contributed by atoms with van der Waals surface area (Å²) in [5, 5.41) is 7.33. The SMILES string of the molecule is CN=C(NCCS(=O)(=O)N1CCSCC1)NC1CCCC(SC)C1. The maximum Gasteiger partial charge on any atom is 0.215 e. The second-order valence-electron chi connectivity index (χ2n) is 6.19. The second-order valence-corrected chi connectivity index (χ2v) is 10.6. The quantitative estimate of drug-likeness (QED) is 0.521. The topological polar surface area (TPSA) is 73.8 Å². The molecule has 2 fully saturated rings. The zero-order valence-corrected chi connectivity index (χ0v) is 17.1. The predicted molar refractivity (Wildman–Crippen MR) is 107 cm³/mol. The summed E-state index contributed by atoms with van der Waals surface area (Å²) in [4.78, 5) is 4.24. The Labute approximate surface area is 155 Å². The molecule has 0 bridgehead atoms. The minimum Gasteiger partial charge on any atom is -0.355 e. The molecular formula is C15H30N4O2S3. The molecule has 0 spiro atoms. The summed E-state index contributed by atoms with van der Waals surface area (Å²) in [6.45, 7) is 1.67. The van der Waals surface area contributed by atoms with E-state index in [1.165, 1.54) is 12.8 Å². The maximum absolute atomic E-state index is 12.3. The Hall–Kier alpha value is -0.120. The summed E-state index contributed by atoms with van der Waals surface area (Å²) >= 11 is 3.75. The van der Waals surface area contributed by atoms with E-state index in [-0.39, 0.29) is 5.75 Å². The van der Waals surface area contributed by atoms with Crippen molar-refractivity contribution in [2.75, 3.05) is 50.2 Å². The number of sulfonamides is 1. The molecule has 2 rings (SSSR count). The minimum atomic E-state index is -3.16. The first-order valence-corrected chi connectivity index (χ1v) is 12.7. The lowest BCUT2D eigenvalue weighted by molar-refractivity contribution is 0.419. The van der Waals surface area contributed by atoms with Gasteiger partial charge in [-0.15, -0.1) is 0 Å². The van der Waals surface area contributed by atoms with E-state index in [0.717, 1.165) is 24.3 Å². The summed E-state index contributed by atoms with van der Waals surface area (Å²) in [7, 11) is -1.42. The van der Waals surface area contributed by atoms with Crippen LogP contribution in [-0.2, 0) is 10.0 Å². The minimum absolute atomic E-state index is 0.121. The third-order valence-electron chi connectivity index (χ3n) is 4.54. The van der Waals surface area contributed by atoms with Crippen LogP contribution in [0.15, 0.2) is 4.99 Å². The van der Waals surface area contributed by atoms with Crippen LogP contribution in [0.1, 0.15) is 25.7 Å². The van der Waals surface area contributed by atoms with Crippen molar-refractivity contribution in [3.63, 3.8) is 0 Å². The second kappa shape index (κ2) is 10.1. The fourth-order valence-corrected chi connectivity index (χ4v) is 6.45. The van der Waals surface area contributed by atoms with Gasteiger partial charge < -0.3 is 10.6 Å². The first kappa shape index (κ1) is 20.2. The van der Waals surface area contributed by atoms with Crippen LogP contribution < -0.4 is 10.6 Å². The molecule has 0 aromatic carbocycles. The van der Waals surface area contributed by atoms with E-state index in [1.54, 1.807) is 11.4 Å². The summed E-state index contributed by atoms with van der Waals surface area (Å²) in [5.74, 6) is 2.63. The van der Waals surface area contributed by atoms with Gasteiger partial charge in [-0.2, -0.15) is 23.5 Å². The monoisotopic (exact) mass is 394 g/mol. The Morgan fingerprint density at radius 1 is 1.33 bits per heavy atom. The lowest BCUT2D eigenvalue weighted by atomic mass is 9.95. The van der Waals surface area contributed by atoms with Crippen molar-refractivity contribution in [3.05, 3.63) is 0 Å². The molecule has 1 aliphatic heterocycles. The van der Waals surface area contributed by atoms with Crippen LogP contribution in [0.2, 0.25) is 0 Å². The van der Waals surface area contributed by atoms with Crippen LogP contribution in [0.25, 0.3) is 0 Å². The highest BCUT2D eigenvalue weighted by molar-refractivity contribution is 7.99. The number of hydrogen-bond acceptors (Lipinski definition) is 5. The number of guanidine groups is 1. The Morgan fingerprint density at radius 3 is 2.75 bits per heavy atom. The molecule has 2 N–H and O–H groups in total. The average Bonchev–Trinajstić information content (AvgIpc) is 2.61. The number of nitrogens with zero attached hydrogens (tertiary/aromatic N) is 2. The molecule has 24 heavy (non-hydrogen) atoms. The zero-order chi connectivity index (χ0) is 17.4. The predicted octanol–water partition coefficient (Wildman–Crippen LogP) is 1.20. The van der Waals surface area contributed by atoms with Crippen LogP contribution >= 0.6 is 23.5 Å². The lowest BCUT2D eigenvalue weighted by Gasteiger charge is -2.30. The molecule has 6 nitrogen and oxygen atoms in total. The standard InChI is InChI=1S/C15H30N4O2S3/c1-16-15(18-13-4-3-5-14(12-13)22-2)17-6-11-24(20,21)19-7-9-23-10-8-19/h13-14H,3-12H2,1-2H3,(H2,16,17,18). The van der Waals surface area contributed by atoms with Gasteiger partial charge in [0.2, 0.25) is 10.0 Å². The molecule has 2 aliphatic rings. The van der Waals surface area contributed by atoms with Crippen molar-refractivity contribution in [2.45, 2.75) is 37.0 Å². The van der Waals surface area contributed by atoms with E-state index < -0.39 is 10.0 Å². The van der Waals surface area contributed by atoms with Crippen molar-refractivity contribution in [1.29, 1.82) is 0 Å². The molecule has 2 unspecified atom stereocenters. The fourth-order valence-electron chi connectivity index (χ4n) is 3.13. The van der Waals surface area contributed by atoms with E-state index in [4.69, 9.17) is 0 Å². The van der Waals surface area contributed by atoms with Crippen molar-refractivity contribution >= 4 is 39.5 Å². The highest BCUT2D eigenvalue weighted by atomic mass is 32.2. The average molecular weight is 395 g/mol. The van der Waals surface area contributed by atoms with Crippen LogP contribution in [-0.4, -0.2) is 80.2 Å². The highest BCUT2D eigenvalue weighted by Gasteiger charge is 2.24. The Balaban J connectivity index is 1.75. The van der Waals surface area contributed by atoms with Gasteiger partial charge in [-0.25, -0.2) is 12.7 Å². The molecule has 1 saturated heterocycles. The van der Waals surface area contributed by atoms with Gasteiger partial charge in [0, 0.05) is 49.5 Å². The molecule has 1 aliphatic carbocycles. The Morgan fingerprint density at radius 2 is 2.08 bits per heavy atom. The molecular weight excluding hydrogens is 364 g/mol. The van der Waals surface area contributed by atoms with Crippen molar-refractivity contribution in [3.8, 4) is 0 Å². The van der Waals surface area contributed by atoms with Gasteiger partial charge in [-0.3, -0.25) is 4.99 Å². The van der Waals surface area contributed by atoms with Gasteiger partial charge in [0.1, 0.15) is 0 Å². The maximum atomic E-state index is 12.3. The van der Waals surface area contributed by atoms with E-state index >= 15 is 0 Å². The van der Waals surface area contributed by atoms with Gasteiger partial charge >= 0.3 is 0 Å². The van der Waals surface area contributed by atoms with Gasteiger partial charge in [-0.1, -0.05) is 6.42 Å². The van der Waals surface area contributed by atoms with E-state index in [2.05, 4.69) is 21.9 Å². The summed E-state index contributed by atoms with van der Waals surface area (Å²) in [6.07, 6.45) is 7.00. The zero-order valence-electron chi connectivity index (χ0n) is 14.7. The van der Waals surface area contributed by atoms with Crippen molar-refractivity contribution in [2.24, 2.45) is 4.99 Å². The number of aliphatic imine (C=N–C) groups is 1. The smallest absolute Gasteiger partial charge is 0.215 e. The molecule has 2 atom stereocenters. The van der Waals surface area contributed by atoms with Crippen molar-refractivity contribution in [1.82, 2.24) is 14.9 Å². The first-order chi connectivity index (χ1) is 11.5. The number of thioether (sulfide) groups is 2. The first-order valence-electron chi connectivity index (χ1n) is 8.60. The van der Waals surface area contributed by atoms with E-state index in [9.17, 15) is 8.42 Å².